The summed E-state index contributed by atoms with van der Waals surface area (Å²) in [6, 6.07) is 10.7. The van der Waals surface area contributed by atoms with Crippen molar-refractivity contribution in [2.24, 2.45) is 0 Å². The molecule has 0 saturated carbocycles. The lowest BCUT2D eigenvalue weighted by atomic mass is 10.0. The Morgan fingerprint density at radius 1 is 1.18 bits per heavy atom. The highest BCUT2D eigenvalue weighted by molar-refractivity contribution is 5.91. The summed E-state index contributed by atoms with van der Waals surface area (Å²) >= 11 is 0. The number of hydrogen-bond donors (Lipinski definition) is 2. The van der Waals surface area contributed by atoms with Gasteiger partial charge in [0.2, 0.25) is 0 Å². The summed E-state index contributed by atoms with van der Waals surface area (Å²) in [5, 5.41) is 29.6. The second-order valence-electron chi connectivity index (χ2n) is 4.56. The number of nitro groups is 1. The summed E-state index contributed by atoms with van der Waals surface area (Å²) in [5.41, 5.74) is 1.65. The van der Waals surface area contributed by atoms with Gasteiger partial charge in [0.1, 0.15) is 5.52 Å². The van der Waals surface area contributed by atoms with Crippen molar-refractivity contribution >= 4 is 22.7 Å². The van der Waals surface area contributed by atoms with Crippen LogP contribution >= 0.6 is 0 Å². The highest BCUT2D eigenvalue weighted by Crippen LogP contribution is 2.27. The number of carboxylic acid groups (broad SMARTS) is 1. The quantitative estimate of drug-likeness (QED) is 0.436. The van der Waals surface area contributed by atoms with E-state index in [0.717, 1.165) is 0 Å². The van der Waals surface area contributed by atoms with Crippen LogP contribution in [0, 0.1) is 10.1 Å². The van der Waals surface area contributed by atoms with Crippen LogP contribution in [-0.4, -0.2) is 30.9 Å². The third-order valence-electron chi connectivity index (χ3n) is 3.21. The standard InChI is InChI=1S/C14H9N3O5/c18-14(19)13-15-11-5-4-9(7-12(11)16(13)20)8-2-1-3-10(6-8)17(21)22/h1-7,20H,(H,18,19). The van der Waals surface area contributed by atoms with Gasteiger partial charge in [0.25, 0.3) is 11.5 Å². The second kappa shape index (κ2) is 4.85. The van der Waals surface area contributed by atoms with Gasteiger partial charge in [0.05, 0.1) is 10.4 Å². The van der Waals surface area contributed by atoms with Crippen LogP contribution < -0.4 is 0 Å². The van der Waals surface area contributed by atoms with Crippen LogP contribution in [0.1, 0.15) is 10.6 Å². The Morgan fingerprint density at radius 2 is 1.91 bits per heavy atom. The highest BCUT2D eigenvalue weighted by atomic mass is 16.6. The molecular weight excluding hydrogens is 290 g/mol. The molecule has 8 heteroatoms. The number of carboxylic acids is 1. The minimum absolute atomic E-state index is 0.0543. The first-order valence-electron chi connectivity index (χ1n) is 6.17. The first-order valence-corrected chi connectivity index (χ1v) is 6.17. The number of benzene rings is 2. The van der Waals surface area contributed by atoms with E-state index in [1.807, 2.05) is 0 Å². The number of non-ortho nitro benzene ring substituents is 1. The van der Waals surface area contributed by atoms with Crippen molar-refractivity contribution in [2.75, 3.05) is 0 Å². The molecule has 0 fully saturated rings. The zero-order chi connectivity index (χ0) is 15.9. The van der Waals surface area contributed by atoms with Gasteiger partial charge in [-0.25, -0.2) is 9.78 Å². The minimum atomic E-state index is -1.35. The molecule has 0 saturated heterocycles. The van der Waals surface area contributed by atoms with Gasteiger partial charge in [-0.3, -0.25) is 10.1 Å². The fraction of sp³-hybridized carbons (Fsp3) is 0. The molecule has 0 amide bonds. The molecule has 8 nitrogen and oxygen atoms in total. The van der Waals surface area contributed by atoms with Gasteiger partial charge in [0, 0.05) is 12.1 Å². The van der Waals surface area contributed by atoms with E-state index in [4.69, 9.17) is 5.11 Å². The maximum Gasteiger partial charge on any atom is 0.375 e. The van der Waals surface area contributed by atoms with E-state index in [0.29, 0.717) is 21.4 Å². The van der Waals surface area contributed by atoms with Crippen LogP contribution in [0.5, 0.6) is 0 Å². The van der Waals surface area contributed by atoms with Crippen molar-refractivity contribution in [2.45, 2.75) is 0 Å². The van der Waals surface area contributed by atoms with Crippen LogP contribution in [0.4, 0.5) is 5.69 Å². The molecule has 0 radical (unpaired) electrons. The van der Waals surface area contributed by atoms with Crippen molar-refractivity contribution in [1.29, 1.82) is 0 Å². The van der Waals surface area contributed by atoms with Crippen LogP contribution in [0.2, 0.25) is 0 Å². The largest absolute Gasteiger partial charge is 0.475 e. The predicted molar refractivity (Wildman–Crippen MR) is 76.0 cm³/mol. The summed E-state index contributed by atoms with van der Waals surface area (Å²) in [6.07, 6.45) is 0. The van der Waals surface area contributed by atoms with Gasteiger partial charge in [0.15, 0.2) is 0 Å². The fourth-order valence-corrected chi connectivity index (χ4v) is 2.18. The second-order valence-corrected chi connectivity index (χ2v) is 4.56. The van der Waals surface area contributed by atoms with Gasteiger partial charge < -0.3 is 10.3 Å². The molecule has 2 aromatic carbocycles. The Hall–Kier alpha value is -3.42. The predicted octanol–water partition coefficient (Wildman–Crippen LogP) is 2.55. The molecule has 110 valence electrons. The average molecular weight is 299 g/mol. The lowest BCUT2D eigenvalue weighted by Gasteiger charge is -2.02. The van der Waals surface area contributed by atoms with Gasteiger partial charge in [-0.1, -0.05) is 18.2 Å². The maximum absolute atomic E-state index is 10.9. The van der Waals surface area contributed by atoms with Crippen LogP contribution in [0.15, 0.2) is 42.5 Å². The molecule has 1 heterocycles. The number of fused-ring (bicyclic) bond motifs is 1. The molecule has 0 unspecified atom stereocenters. The molecule has 3 rings (SSSR count). The number of rotatable bonds is 3. The van der Waals surface area contributed by atoms with Gasteiger partial charge in [-0.15, -0.1) is 0 Å². The molecule has 0 aliphatic heterocycles. The monoisotopic (exact) mass is 299 g/mol. The van der Waals surface area contributed by atoms with Crippen LogP contribution in [0.3, 0.4) is 0 Å². The molecule has 0 aliphatic rings. The smallest absolute Gasteiger partial charge is 0.375 e. The lowest BCUT2D eigenvalue weighted by Crippen LogP contribution is -2.06. The van der Waals surface area contributed by atoms with Crippen LogP contribution in [0.25, 0.3) is 22.2 Å². The fourth-order valence-electron chi connectivity index (χ4n) is 2.18. The zero-order valence-electron chi connectivity index (χ0n) is 11.0. The van der Waals surface area contributed by atoms with E-state index in [-0.39, 0.29) is 11.2 Å². The zero-order valence-corrected chi connectivity index (χ0v) is 11.0. The summed E-state index contributed by atoms with van der Waals surface area (Å²) in [6.45, 7) is 0. The van der Waals surface area contributed by atoms with E-state index in [1.54, 1.807) is 24.3 Å². The SMILES string of the molecule is O=C(O)c1nc2ccc(-c3cccc([N+](=O)[O-])c3)cc2n1O. The number of carbonyl (C=O) groups is 1. The van der Waals surface area contributed by atoms with Gasteiger partial charge in [-0.05, 0) is 23.3 Å². The highest BCUT2D eigenvalue weighted by Gasteiger charge is 2.17. The molecule has 22 heavy (non-hydrogen) atoms. The Kier molecular flexibility index (Phi) is 2.99. The van der Waals surface area contributed by atoms with E-state index in [2.05, 4.69) is 4.98 Å². The molecule has 0 spiro atoms. The number of nitro benzene ring substituents is 1. The molecular formula is C14H9N3O5. The molecule has 2 N–H and O–H groups in total. The van der Waals surface area contributed by atoms with E-state index in [9.17, 15) is 20.1 Å². The Bertz CT molecular complexity index is 916. The number of imidazole rings is 1. The molecule has 0 bridgehead atoms. The summed E-state index contributed by atoms with van der Waals surface area (Å²) in [4.78, 5) is 25.1. The van der Waals surface area contributed by atoms with Gasteiger partial charge in [-0.2, -0.15) is 4.73 Å². The molecule has 0 atom stereocenters. The van der Waals surface area contributed by atoms with E-state index < -0.39 is 16.7 Å². The molecule has 3 aromatic rings. The number of aromatic carboxylic acids is 1. The van der Waals surface area contributed by atoms with Crippen molar-refractivity contribution in [1.82, 2.24) is 9.71 Å². The van der Waals surface area contributed by atoms with Crippen molar-refractivity contribution in [3.8, 4) is 11.1 Å². The van der Waals surface area contributed by atoms with Crippen molar-refractivity contribution < 1.29 is 20.0 Å². The first kappa shape index (κ1) is 13.6. The Balaban J connectivity index is 2.16. The average Bonchev–Trinajstić information content (AvgIpc) is 2.84. The van der Waals surface area contributed by atoms with Gasteiger partial charge >= 0.3 is 5.97 Å². The van der Waals surface area contributed by atoms with E-state index in [1.165, 1.54) is 18.2 Å². The Labute approximate surface area is 123 Å². The minimum Gasteiger partial charge on any atom is -0.475 e. The summed E-state index contributed by atoms with van der Waals surface area (Å²) < 4.78 is 0.485. The topological polar surface area (TPSA) is 118 Å². The first-order chi connectivity index (χ1) is 10.5. The normalized spacial score (nSPS) is 10.7. The lowest BCUT2D eigenvalue weighted by molar-refractivity contribution is -0.384. The van der Waals surface area contributed by atoms with Crippen molar-refractivity contribution in [3.05, 3.63) is 58.4 Å². The maximum atomic E-state index is 10.9. The molecule has 0 aliphatic carbocycles. The molecule has 1 aromatic heterocycles. The van der Waals surface area contributed by atoms with Crippen molar-refractivity contribution in [3.63, 3.8) is 0 Å². The third kappa shape index (κ3) is 2.12. The van der Waals surface area contributed by atoms with Crippen LogP contribution in [-0.2, 0) is 0 Å². The number of aromatic nitrogens is 2. The Morgan fingerprint density at radius 3 is 2.59 bits per heavy atom. The third-order valence-corrected chi connectivity index (χ3v) is 3.21. The summed E-state index contributed by atoms with van der Waals surface area (Å²) in [7, 11) is 0. The summed E-state index contributed by atoms with van der Waals surface area (Å²) in [5.74, 6) is -1.85. The number of nitrogens with zero attached hydrogens (tertiary/aromatic N) is 3. The van der Waals surface area contributed by atoms with E-state index >= 15 is 0 Å². The number of hydrogen-bond acceptors (Lipinski definition) is 5.